The predicted molar refractivity (Wildman–Crippen MR) is 141 cm³/mol. The maximum absolute atomic E-state index is 10.4. The van der Waals surface area contributed by atoms with Crippen LogP contribution in [0.25, 0.3) is 16.7 Å². The number of β-amino-alcohol motifs (C(OH)–C–C–N with tert-alkyl or cyclic N) is 1. The van der Waals surface area contributed by atoms with Gasteiger partial charge < -0.3 is 19.7 Å². The number of aromatic nitrogens is 5. The number of rotatable bonds is 7. The van der Waals surface area contributed by atoms with Gasteiger partial charge in [-0.05, 0) is 45.9 Å². The fraction of sp³-hybridized carbons (Fsp3) is 0.423. The van der Waals surface area contributed by atoms with E-state index in [-0.39, 0.29) is 12.2 Å². The highest BCUT2D eigenvalue weighted by Crippen LogP contribution is 2.32. The maximum Gasteiger partial charge on any atom is 0.229 e. The summed E-state index contributed by atoms with van der Waals surface area (Å²) in [5.41, 5.74) is 4.96. The Bertz CT molecular complexity index is 1400. The Morgan fingerprint density at radius 1 is 1.22 bits per heavy atom. The van der Waals surface area contributed by atoms with Crippen LogP contribution >= 0.6 is 11.6 Å². The fourth-order valence-electron chi connectivity index (χ4n) is 4.73. The molecule has 1 aliphatic rings. The van der Waals surface area contributed by atoms with E-state index in [9.17, 15) is 5.11 Å². The van der Waals surface area contributed by atoms with Gasteiger partial charge in [0.2, 0.25) is 5.95 Å². The molecule has 36 heavy (non-hydrogen) atoms. The number of benzene rings is 1. The largest absolute Gasteiger partial charge is 0.389 e. The number of anilines is 2. The summed E-state index contributed by atoms with van der Waals surface area (Å²) in [5, 5.41) is 20.1. The van der Waals surface area contributed by atoms with Crippen molar-refractivity contribution in [2.75, 3.05) is 18.4 Å². The third-order valence-electron chi connectivity index (χ3n) is 6.70. The lowest BCUT2D eigenvalue weighted by Gasteiger charge is -2.18. The molecular formula is C26H32ClN7O2. The van der Waals surface area contributed by atoms with Gasteiger partial charge in [0.1, 0.15) is 0 Å². The van der Waals surface area contributed by atoms with Gasteiger partial charge in [0.15, 0.2) is 5.82 Å². The van der Waals surface area contributed by atoms with Gasteiger partial charge in [0.25, 0.3) is 0 Å². The van der Waals surface area contributed by atoms with Crippen LogP contribution < -0.4 is 5.32 Å². The molecular weight excluding hydrogens is 478 g/mol. The van der Waals surface area contributed by atoms with E-state index in [4.69, 9.17) is 16.3 Å². The minimum atomic E-state index is -0.479. The molecule has 0 amide bonds. The number of nitrogens with one attached hydrogen (secondary N) is 1. The predicted octanol–water partition coefficient (Wildman–Crippen LogP) is 4.14. The molecule has 1 aromatic carbocycles. The Labute approximate surface area is 215 Å². The van der Waals surface area contributed by atoms with Gasteiger partial charge in [-0.1, -0.05) is 11.6 Å². The van der Waals surface area contributed by atoms with Crippen molar-refractivity contribution in [1.29, 1.82) is 0 Å². The zero-order valence-corrected chi connectivity index (χ0v) is 22.0. The van der Waals surface area contributed by atoms with Crippen molar-refractivity contribution in [2.24, 2.45) is 7.05 Å². The molecule has 2 atom stereocenters. The van der Waals surface area contributed by atoms with Crippen molar-refractivity contribution in [3.63, 3.8) is 0 Å². The third-order valence-corrected chi connectivity index (χ3v) is 7.18. The summed E-state index contributed by atoms with van der Waals surface area (Å²) < 4.78 is 9.70. The molecule has 4 aromatic rings. The standard InChI is InChI=1S/C26H32ClN7O2/c1-15(2)36-23-14-33(13-22(23)35)11-18-12-34(31-16(18)3)24-8-9-28-26(30-24)29-19-6-7-21-20(10-19)25(27)17(4)32(21)5/h6-10,12,15,22-23,35H,11,13-14H2,1-5H3,(H,28,29,30)/t22-,23-/m1/s1. The van der Waals surface area contributed by atoms with Gasteiger partial charge in [0, 0.05) is 73.0 Å². The lowest BCUT2D eigenvalue weighted by atomic mass is 10.2. The molecule has 0 aliphatic carbocycles. The highest BCUT2D eigenvalue weighted by atomic mass is 35.5. The molecule has 4 heterocycles. The smallest absolute Gasteiger partial charge is 0.229 e. The van der Waals surface area contributed by atoms with Crippen LogP contribution in [-0.4, -0.2) is 65.7 Å². The van der Waals surface area contributed by atoms with Crippen LogP contribution in [0, 0.1) is 13.8 Å². The van der Waals surface area contributed by atoms with E-state index in [0.29, 0.717) is 31.4 Å². The summed E-state index contributed by atoms with van der Waals surface area (Å²) in [6, 6.07) is 7.87. The van der Waals surface area contributed by atoms with Crippen LogP contribution in [-0.2, 0) is 18.3 Å². The minimum Gasteiger partial charge on any atom is -0.389 e. The van der Waals surface area contributed by atoms with Gasteiger partial charge in [-0.2, -0.15) is 10.1 Å². The number of fused-ring (bicyclic) bond motifs is 1. The van der Waals surface area contributed by atoms with Crippen LogP contribution in [0.15, 0.2) is 36.7 Å². The number of nitrogens with zero attached hydrogens (tertiary/aromatic N) is 6. The Morgan fingerprint density at radius 3 is 2.81 bits per heavy atom. The number of aryl methyl sites for hydroxylation is 2. The molecule has 2 N–H and O–H groups in total. The normalized spacial score (nSPS) is 18.6. The van der Waals surface area contributed by atoms with Crippen molar-refractivity contribution >= 4 is 34.1 Å². The highest BCUT2D eigenvalue weighted by molar-refractivity contribution is 6.36. The van der Waals surface area contributed by atoms with Crippen LogP contribution in [0.2, 0.25) is 5.02 Å². The zero-order chi connectivity index (χ0) is 25.6. The number of hydrogen-bond donors (Lipinski definition) is 2. The Morgan fingerprint density at radius 2 is 2.03 bits per heavy atom. The number of aliphatic hydroxyl groups excluding tert-OH is 1. The molecule has 3 aromatic heterocycles. The summed E-state index contributed by atoms with van der Waals surface area (Å²) in [6.45, 7) is 9.94. The van der Waals surface area contributed by atoms with Crippen LogP contribution in [0.5, 0.6) is 0 Å². The summed E-state index contributed by atoms with van der Waals surface area (Å²) in [7, 11) is 2.01. The average molecular weight is 510 g/mol. The summed E-state index contributed by atoms with van der Waals surface area (Å²) >= 11 is 6.53. The van der Waals surface area contributed by atoms with Gasteiger partial charge in [-0.3, -0.25) is 4.90 Å². The van der Waals surface area contributed by atoms with E-state index in [1.807, 2.05) is 65.2 Å². The summed E-state index contributed by atoms with van der Waals surface area (Å²) in [4.78, 5) is 11.3. The topological polar surface area (TPSA) is 93.3 Å². The molecule has 1 aliphatic heterocycles. The van der Waals surface area contributed by atoms with E-state index >= 15 is 0 Å². The van der Waals surface area contributed by atoms with Crippen molar-refractivity contribution < 1.29 is 9.84 Å². The van der Waals surface area contributed by atoms with Gasteiger partial charge in [-0.15, -0.1) is 0 Å². The SMILES string of the molecule is Cc1nn(-c2ccnc(Nc3ccc4c(c3)c(Cl)c(C)n4C)n2)cc1CN1C[C@@H](O)[C@H](OC(C)C)C1. The lowest BCUT2D eigenvalue weighted by molar-refractivity contribution is -0.0396. The quantitative estimate of drug-likeness (QED) is 0.386. The first-order valence-electron chi connectivity index (χ1n) is 12.2. The van der Waals surface area contributed by atoms with E-state index < -0.39 is 6.10 Å². The number of hydrogen-bond acceptors (Lipinski definition) is 7. The zero-order valence-electron chi connectivity index (χ0n) is 21.2. The van der Waals surface area contributed by atoms with E-state index in [1.54, 1.807) is 10.9 Å². The number of aliphatic hydroxyl groups is 1. The lowest BCUT2D eigenvalue weighted by Crippen LogP contribution is -2.29. The maximum atomic E-state index is 10.4. The highest BCUT2D eigenvalue weighted by Gasteiger charge is 2.33. The van der Waals surface area contributed by atoms with Crippen molar-refractivity contribution in [2.45, 2.75) is 52.6 Å². The molecule has 190 valence electrons. The van der Waals surface area contributed by atoms with E-state index in [0.717, 1.165) is 38.6 Å². The monoisotopic (exact) mass is 509 g/mol. The first-order valence-corrected chi connectivity index (χ1v) is 12.5. The second kappa shape index (κ2) is 9.82. The molecule has 10 heteroatoms. The molecule has 0 spiro atoms. The van der Waals surface area contributed by atoms with Gasteiger partial charge >= 0.3 is 0 Å². The summed E-state index contributed by atoms with van der Waals surface area (Å²) in [6.07, 6.45) is 3.15. The van der Waals surface area contributed by atoms with Crippen LogP contribution in [0.3, 0.4) is 0 Å². The molecule has 9 nitrogen and oxygen atoms in total. The average Bonchev–Trinajstić information content (AvgIpc) is 3.44. The Hall–Kier alpha value is -2.98. The molecule has 1 fully saturated rings. The molecule has 0 unspecified atom stereocenters. The molecule has 0 saturated carbocycles. The van der Waals surface area contributed by atoms with Crippen LogP contribution in [0.1, 0.15) is 30.8 Å². The van der Waals surface area contributed by atoms with Crippen molar-refractivity contribution in [3.8, 4) is 5.82 Å². The molecule has 0 bridgehead atoms. The Balaban J connectivity index is 1.32. The molecule has 5 rings (SSSR count). The molecule has 1 saturated heterocycles. The third kappa shape index (κ3) is 4.84. The first kappa shape index (κ1) is 24.7. The second-order valence-electron chi connectivity index (χ2n) is 9.72. The van der Waals surface area contributed by atoms with Crippen LogP contribution in [0.4, 0.5) is 11.6 Å². The number of ether oxygens (including phenoxy) is 1. The minimum absolute atomic E-state index is 0.0883. The number of likely N-dealkylation sites (tertiary alicyclic amines) is 1. The first-order chi connectivity index (χ1) is 17.2. The van der Waals surface area contributed by atoms with Gasteiger partial charge in [0.05, 0.1) is 29.0 Å². The van der Waals surface area contributed by atoms with E-state index in [1.165, 1.54) is 0 Å². The summed E-state index contributed by atoms with van der Waals surface area (Å²) in [5.74, 6) is 1.14. The van der Waals surface area contributed by atoms with Gasteiger partial charge in [-0.25, -0.2) is 9.67 Å². The van der Waals surface area contributed by atoms with Crippen molar-refractivity contribution in [1.82, 2.24) is 29.2 Å². The van der Waals surface area contributed by atoms with E-state index in [2.05, 4.69) is 29.9 Å². The number of halogens is 1. The fourth-order valence-corrected chi connectivity index (χ4v) is 5.00. The molecule has 0 radical (unpaired) electrons. The van der Waals surface area contributed by atoms with Crippen molar-refractivity contribution in [3.05, 3.63) is 58.6 Å². The Kier molecular flexibility index (Phi) is 6.74. The second-order valence-corrected chi connectivity index (χ2v) is 10.1.